The zero-order chi connectivity index (χ0) is 23.9. The molecule has 7 heteroatoms. The Morgan fingerprint density at radius 2 is 1.85 bits per heavy atom. The van der Waals surface area contributed by atoms with E-state index in [-0.39, 0.29) is 22.6 Å². The summed E-state index contributed by atoms with van der Waals surface area (Å²) in [6.07, 6.45) is 0.878. The van der Waals surface area contributed by atoms with Gasteiger partial charge in [0.25, 0.3) is 5.91 Å². The fourth-order valence-electron chi connectivity index (χ4n) is 4.63. The van der Waals surface area contributed by atoms with Crippen molar-refractivity contribution in [3.05, 3.63) is 92.9 Å². The summed E-state index contributed by atoms with van der Waals surface area (Å²) >= 11 is 5.94. The van der Waals surface area contributed by atoms with Crippen LogP contribution in [0.5, 0.6) is 0 Å². The minimum Gasteiger partial charge on any atom is -0.383 e. The number of nitrogens with one attached hydrogen (secondary N) is 1. The number of carbonyl (C=O) groups is 2. The SMILES string of the molecule is Cc1ccccc1C1C(C#N)=C(N)N(NC(=O)c2ccc(Cl)cc2)C2=C1C(=O)CC(C)(C)C2. The van der Waals surface area contributed by atoms with Crippen molar-refractivity contribution in [2.24, 2.45) is 11.1 Å². The molecule has 2 aliphatic rings. The monoisotopic (exact) mass is 460 g/mol. The predicted molar refractivity (Wildman–Crippen MR) is 127 cm³/mol. The number of halogens is 1. The highest BCUT2D eigenvalue weighted by molar-refractivity contribution is 6.30. The van der Waals surface area contributed by atoms with Gasteiger partial charge in [0.15, 0.2) is 5.78 Å². The van der Waals surface area contributed by atoms with Crippen LogP contribution in [0.25, 0.3) is 0 Å². The smallest absolute Gasteiger partial charge is 0.270 e. The van der Waals surface area contributed by atoms with E-state index in [1.165, 1.54) is 5.01 Å². The fraction of sp³-hybridized carbons (Fsp3) is 0.269. The zero-order valence-electron chi connectivity index (χ0n) is 18.8. The van der Waals surface area contributed by atoms with Crippen molar-refractivity contribution in [2.75, 3.05) is 0 Å². The predicted octanol–water partition coefficient (Wildman–Crippen LogP) is 4.73. The molecule has 0 fully saturated rings. The van der Waals surface area contributed by atoms with Crippen LogP contribution in [0.3, 0.4) is 0 Å². The number of amides is 1. The second-order valence-corrected chi connectivity index (χ2v) is 9.72. The van der Waals surface area contributed by atoms with Crippen LogP contribution in [-0.4, -0.2) is 16.7 Å². The highest BCUT2D eigenvalue weighted by Gasteiger charge is 2.45. The van der Waals surface area contributed by atoms with Crippen LogP contribution in [0.15, 0.2) is 71.2 Å². The molecule has 168 valence electrons. The van der Waals surface area contributed by atoms with Crippen LogP contribution in [0.4, 0.5) is 0 Å². The second kappa shape index (κ2) is 8.42. The van der Waals surface area contributed by atoms with Crippen molar-refractivity contribution in [3.63, 3.8) is 0 Å². The van der Waals surface area contributed by atoms with Gasteiger partial charge in [-0.3, -0.25) is 15.0 Å². The number of nitrogens with zero attached hydrogens (tertiary/aromatic N) is 2. The van der Waals surface area contributed by atoms with Crippen molar-refractivity contribution in [1.82, 2.24) is 10.4 Å². The first-order valence-corrected chi connectivity index (χ1v) is 11.1. The average Bonchev–Trinajstić information content (AvgIpc) is 2.75. The van der Waals surface area contributed by atoms with Crippen molar-refractivity contribution >= 4 is 23.3 Å². The van der Waals surface area contributed by atoms with Gasteiger partial charge in [-0.25, -0.2) is 5.01 Å². The summed E-state index contributed by atoms with van der Waals surface area (Å²) in [5.74, 6) is -0.903. The van der Waals surface area contributed by atoms with Crippen LogP contribution in [0, 0.1) is 23.7 Å². The maximum atomic E-state index is 13.5. The fourth-order valence-corrected chi connectivity index (χ4v) is 4.75. The molecule has 1 heterocycles. The van der Waals surface area contributed by atoms with E-state index in [4.69, 9.17) is 17.3 Å². The Labute approximate surface area is 198 Å². The standard InChI is InChI=1S/C26H25ClN4O2/c1-15-6-4-5-7-18(15)22-19(14-28)24(29)31(20-12-26(2,3)13-21(32)23(20)22)30-25(33)16-8-10-17(27)11-9-16/h4-11,22H,12-13,29H2,1-3H3,(H,30,33). The van der Waals surface area contributed by atoms with Gasteiger partial charge in [-0.05, 0) is 54.2 Å². The van der Waals surface area contributed by atoms with E-state index in [9.17, 15) is 14.9 Å². The first-order chi connectivity index (χ1) is 15.6. The van der Waals surface area contributed by atoms with E-state index in [1.54, 1.807) is 24.3 Å². The zero-order valence-corrected chi connectivity index (χ0v) is 19.5. The number of aryl methyl sites for hydroxylation is 1. The lowest BCUT2D eigenvalue weighted by atomic mass is 9.68. The molecule has 0 bridgehead atoms. The van der Waals surface area contributed by atoms with E-state index in [1.807, 2.05) is 45.0 Å². The third-order valence-corrected chi connectivity index (χ3v) is 6.45. The average molecular weight is 461 g/mol. The summed E-state index contributed by atoms with van der Waals surface area (Å²) in [6, 6.07) is 16.3. The number of ketones is 1. The number of hydrazine groups is 1. The molecule has 33 heavy (non-hydrogen) atoms. The van der Waals surface area contributed by atoms with Crippen LogP contribution in [0.2, 0.25) is 5.02 Å². The molecule has 0 saturated heterocycles. The van der Waals surface area contributed by atoms with E-state index < -0.39 is 11.8 Å². The number of hydrogen-bond donors (Lipinski definition) is 2. The van der Waals surface area contributed by atoms with Gasteiger partial charge < -0.3 is 5.73 Å². The number of allylic oxidation sites excluding steroid dienone is 3. The summed E-state index contributed by atoms with van der Waals surface area (Å²) < 4.78 is 0. The Kier molecular flexibility index (Phi) is 5.77. The lowest BCUT2D eigenvalue weighted by Crippen LogP contribution is -2.49. The summed E-state index contributed by atoms with van der Waals surface area (Å²) in [4.78, 5) is 26.5. The molecule has 2 aromatic carbocycles. The molecule has 4 rings (SSSR count). The number of nitriles is 1. The molecule has 1 amide bonds. The highest BCUT2D eigenvalue weighted by Crippen LogP contribution is 2.48. The van der Waals surface area contributed by atoms with E-state index in [0.717, 1.165) is 11.1 Å². The molecule has 1 aliphatic heterocycles. The highest BCUT2D eigenvalue weighted by atomic mass is 35.5. The largest absolute Gasteiger partial charge is 0.383 e. The topological polar surface area (TPSA) is 99.2 Å². The Bertz CT molecular complexity index is 1250. The normalized spacial score (nSPS) is 19.8. The number of hydrogen-bond acceptors (Lipinski definition) is 5. The second-order valence-electron chi connectivity index (χ2n) is 9.28. The van der Waals surface area contributed by atoms with Crippen LogP contribution in [0.1, 0.15) is 54.1 Å². The molecule has 0 aromatic heterocycles. The molecular weight excluding hydrogens is 436 g/mol. The van der Waals surface area contributed by atoms with Gasteiger partial charge in [0.05, 0.1) is 23.3 Å². The summed E-state index contributed by atoms with van der Waals surface area (Å²) in [5, 5.41) is 12.0. The number of nitrogens with two attached hydrogens (primary N) is 1. The van der Waals surface area contributed by atoms with Gasteiger partial charge in [0.2, 0.25) is 0 Å². The molecule has 0 saturated carbocycles. The minimum atomic E-state index is -0.571. The first kappa shape index (κ1) is 22.6. The van der Waals surface area contributed by atoms with Gasteiger partial charge in [-0.2, -0.15) is 5.26 Å². The minimum absolute atomic E-state index is 0.0412. The van der Waals surface area contributed by atoms with Crippen LogP contribution < -0.4 is 11.2 Å². The van der Waals surface area contributed by atoms with Crippen molar-refractivity contribution in [3.8, 4) is 6.07 Å². The lowest BCUT2D eigenvalue weighted by Gasteiger charge is -2.43. The maximum absolute atomic E-state index is 13.5. The first-order valence-electron chi connectivity index (χ1n) is 10.7. The van der Waals surface area contributed by atoms with Gasteiger partial charge in [-0.15, -0.1) is 0 Å². The molecular formula is C26H25ClN4O2. The molecule has 2 aromatic rings. The molecule has 1 unspecified atom stereocenters. The van der Waals surface area contributed by atoms with E-state index in [0.29, 0.717) is 34.7 Å². The molecule has 0 radical (unpaired) electrons. The summed E-state index contributed by atoms with van der Waals surface area (Å²) in [5.41, 5.74) is 12.6. The van der Waals surface area contributed by atoms with Gasteiger partial charge >= 0.3 is 0 Å². The van der Waals surface area contributed by atoms with Gasteiger partial charge in [0, 0.05) is 22.6 Å². The van der Waals surface area contributed by atoms with Crippen LogP contribution >= 0.6 is 11.6 Å². The van der Waals surface area contributed by atoms with Crippen molar-refractivity contribution in [2.45, 2.75) is 39.5 Å². The third-order valence-electron chi connectivity index (χ3n) is 6.20. The quantitative estimate of drug-likeness (QED) is 0.689. The summed E-state index contributed by atoms with van der Waals surface area (Å²) in [7, 11) is 0. The Morgan fingerprint density at radius 1 is 1.18 bits per heavy atom. The van der Waals surface area contributed by atoms with E-state index >= 15 is 0 Å². The van der Waals surface area contributed by atoms with Gasteiger partial charge in [0.1, 0.15) is 5.82 Å². The number of benzene rings is 2. The molecule has 3 N–H and O–H groups in total. The van der Waals surface area contributed by atoms with E-state index in [2.05, 4.69) is 11.5 Å². The molecule has 0 spiro atoms. The number of rotatable bonds is 3. The third kappa shape index (κ3) is 4.12. The number of carbonyl (C=O) groups excluding carboxylic acids is 2. The van der Waals surface area contributed by atoms with Gasteiger partial charge in [-0.1, -0.05) is 49.7 Å². The molecule has 1 aliphatic carbocycles. The maximum Gasteiger partial charge on any atom is 0.270 e. The molecule has 6 nitrogen and oxygen atoms in total. The lowest BCUT2D eigenvalue weighted by molar-refractivity contribution is -0.118. The summed E-state index contributed by atoms with van der Waals surface area (Å²) in [6.45, 7) is 5.97. The Hall–Kier alpha value is -3.56. The Morgan fingerprint density at radius 3 is 2.48 bits per heavy atom. The van der Waals surface area contributed by atoms with Crippen molar-refractivity contribution < 1.29 is 9.59 Å². The van der Waals surface area contributed by atoms with Crippen LogP contribution in [-0.2, 0) is 4.79 Å². The Balaban J connectivity index is 1.87. The molecule has 1 atom stereocenters. The van der Waals surface area contributed by atoms with Crippen molar-refractivity contribution in [1.29, 1.82) is 5.26 Å². The number of Topliss-reactive ketones (excluding diaryl/α,β-unsaturated/α-hetero) is 1.